The normalized spacial score (nSPS) is 13.9. The third-order valence-electron chi connectivity index (χ3n) is 5.08. The molecule has 3 aromatic rings. The first-order valence-corrected chi connectivity index (χ1v) is 10.2. The molecule has 0 atom stereocenters. The van der Waals surface area contributed by atoms with E-state index in [9.17, 15) is 4.79 Å². The second kappa shape index (κ2) is 8.57. The SMILES string of the molecule is CC1(C)Cc2cccc(OCCC(=O)NCc3ccc(-c4cccnc4)cc3)c2O1. The number of carbonyl (C=O) groups is 1. The number of hydrogen-bond donors (Lipinski definition) is 1. The van der Waals surface area contributed by atoms with Gasteiger partial charge in [-0.25, -0.2) is 0 Å². The predicted molar refractivity (Wildman–Crippen MR) is 116 cm³/mol. The summed E-state index contributed by atoms with van der Waals surface area (Å²) in [4.78, 5) is 16.3. The zero-order chi connectivity index (χ0) is 21.0. The highest BCUT2D eigenvalue weighted by Gasteiger charge is 2.32. The van der Waals surface area contributed by atoms with E-state index in [1.807, 2.05) is 54.7 Å². The van der Waals surface area contributed by atoms with Crippen LogP contribution < -0.4 is 14.8 Å². The van der Waals surface area contributed by atoms with Crippen molar-refractivity contribution in [1.82, 2.24) is 10.3 Å². The number of nitrogens with zero attached hydrogens (tertiary/aromatic N) is 1. The van der Waals surface area contributed by atoms with Gasteiger partial charge in [-0.05, 0) is 42.7 Å². The standard InChI is InChI=1S/C25H26N2O3/c1-25(2)15-20-5-3-7-22(24(20)30-25)29-14-12-23(28)27-16-18-8-10-19(11-9-18)21-6-4-13-26-17-21/h3-11,13,17H,12,14-16H2,1-2H3,(H,27,28). The van der Waals surface area contributed by atoms with E-state index in [-0.39, 0.29) is 11.5 Å². The summed E-state index contributed by atoms with van der Waals surface area (Å²) in [5.74, 6) is 1.47. The van der Waals surface area contributed by atoms with Crippen molar-refractivity contribution in [3.8, 4) is 22.6 Å². The van der Waals surface area contributed by atoms with Crippen molar-refractivity contribution in [2.45, 2.75) is 38.8 Å². The van der Waals surface area contributed by atoms with Gasteiger partial charge in [0.2, 0.25) is 5.91 Å². The van der Waals surface area contributed by atoms with Crippen LogP contribution in [0.3, 0.4) is 0 Å². The second-order valence-electron chi connectivity index (χ2n) is 8.10. The smallest absolute Gasteiger partial charge is 0.223 e. The number of nitrogens with one attached hydrogen (secondary N) is 1. The van der Waals surface area contributed by atoms with Crippen molar-refractivity contribution < 1.29 is 14.3 Å². The van der Waals surface area contributed by atoms with Gasteiger partial charge in [0.15, 0.2) is 11.5 Å². The molecule has 4 rings (SSSR count). The van der Waals surface area contributed by atoms with Gasteiger partial charge in [0.25, 0.3) is 0 Å². The summed E-state index contributed by atoms with van der Waals surface area (Å²) in [5, 5.41) is 2.95. The first kappa shape index (κ1) is 20.0. The van der Waals surface area contributed by atoms with Crippen LogP contribution >= 0.6 is 0 Å². The van der Waals surface area contributed by atoms with Crippen LogP contribution in [0.4, 0.5) is 0 Å². The van der Waals surface area contributed by atoms with E-state index >= 15 is 0 Å². The van der Waals surface area contributed by atoms with E-state index in [4.69, 9.17) is 9.47 Å². The Labute approximate surface area is 177 Å². The summed E-state index contributed by atoms with van der Waals surface area (Å²) in [6, 6.07) is 18.0. The van der Waals surface area contributed by atoms with E-state index in [2.05, 4.69) is 30.2 Å². The molecule has 2 aromatic carbocycles. The molecule has 0 spiro atoms. The summed E-state index contributed by atoms with van der Waals surface area (Å²) in [6.45, 7) is 4.93. The average molecular weight is 402 g/mol. The van der Waals surface area contributed by atoms with Crippen LogP contribution in [0.1, 0.15) is 31.4 Å². The molecule has 0 saturated heterocycles. The second-order valence-corrected chi connectivity index (χ2v) is 8.10. The van der Waals surface area contributed by atoms with Crippen molar-refractivity contribution in [3.05, 3.63) is 78.1 Å². The fraction of sp³-hybridized carbons (Fsp3) is 0.280. The Bertz CT molecular complexity index is 1010. The fourth-order valence-corrected chi connectivity index (χ4v) is 3.59. The topological polar surface area (TPSA) is 60.5 Å². The zero-order valence-electron chi connectivity index (χ0n) is 17.4. The van der Waals surface area contributed by atoms with E-state index in [1.165, 1.54) is 0 Å². The fourth-order valence-electron chi connectivity index (χ4n) is 3.59. The lowest BCUT2D eigenvalue weighted by molar-refractivity contribution is -0.121. The Morgan fingerprint density at radius 3 is 2.70 bits per heavy atom. The van der Waals surface area contributed by atoms with Crippen LogP contribution in [-0.4, -0.2) is 23.1 Å². The highest BCUT2D eigenvalue weighted by atomic mass is 16.5. The summed E-state index contributed by atoms with van der Waals surface area (Å²) >= 11 is 0. The maximum absolute atomic E-state index is 12.2. The molecule has 1 N–H and O–H groups in total. The van der Waals surface area contributed by atoms with Crippen LogP contribution in [0.2, 0.25) is 0 Å². The van der Waals surface area contributed by atoms with Gasteiger partial charge in [-0.15, -0.1) is 0 Å². The molecule has 5 heteroatoms. The van der Waals surface area contributed by atoms with Gasteiger partial charge in [-0.2, -0.15) is 0 Å². The number of carbonyl (C=O) groups excluding carboxylic acids is 1. The number of pyridine rings is 1. The molecule has 0 saturated carbocycles. The van der Waals surface area contributed by atoms with Crippen molar-refractivity contribution >= 4 is 5.91 Å². The third-order valence-corrected chi connectivity index (χ3v) is 5.08. The summed E-state index contributed by atoms with van der Waals surface area (Å²) in [6.07, 6.45) is 4.75. The predicted octanol–water partition coefficient (Wildman–Crippen LogP) is 4.55. The lowest BCUT2D eigenvalue weighted by atomic mass is 10.0. The lowest BCUT2D eigenvalue weighted by Crippen LogP contribution is -2.25. The number of fused-ring (bicyclic) bond motifs is 1. The Morgan fingerprint density at radius 1 is 1.10 bits per heavy atom. The summed E-state index contributed by atoms with van der Waals surface area (Å²) < 4.78 is 11.8. The van der Waals surface area contributed by atoms with Crippen LogP contribution in [0.5, 0.6) is 11.5 Å². The molecule has 30 heavy (non-hydrogen) atoms. The van der Waals surface area contributed by atoms with Gasteiger partial charge in [-0.3, -0.25) is 9.78 Å². The van der Waals surface area contributed by atoms with Gasteiger partial charge < -0.3 is 14.8 Å². The molecule has 0 radical (unpaired) electrons. The minimum atomic E-state index is -0.217. The number of para-hydroxylation sites is 1. The maximum Gasteiger partial charge on any atom is 0.223 e. The molecule has 1 aliphatic rings. The van der Waals surface area contributed by atoms with E-state index in [0.717, 1.165) is 34.4 Å². The highest BCUT2D eigenvalue weighted by molar-refractivity contribution is 5.76. The molecule has 0 bridgehead atoms. The number of hydrogen-bond acceptors (Lipinski definition) is 4. The molecule has 0 fully saturated rings. The molecular formula is C25H26N2O3. The number of benzene rings is 2. The third kappa shape index (κ3) is 4.79. The molecular weight excluding hydrogens is 376 g/mol. The molecule has 0 unspecified atom stereocenters. The molecule has 154 valence electrons. The number of aromatic nitrogens is 1. The van der Waals surface area contributed by atoms with Gasteiger partial charge in [0.05, 0.1) is 13.0 Å². The lowest BCUT2D eigenvalue weighted by Gasteiger charge is -2.18. The van der Waals surface area contributed by atoms with E-state index in [1.54, 1.807) is 6.20 Å². The molecule has 1 aromatic heterocycles. The highest BCUT2D eigenvalue weighted by Crippen LogP contribution is 2.41. The van der Waals surface area contributed by atoms with Gasteiger partial charge >= 0.3 is 0 Å². The molecule has 1 amide bonds. The van der Waals surface area contributed by atoms with Crippen molar-refractivity contribution in [2.24, 2.45) is 0 Å². The Morgan fingerprint density at radius 2 is 1.93 bits per heavy atom. The van der Waals surface area contributed by atoms with E-state index < -0.39 is 0 Å². The van der Waals surface area contributed by atoms with Crippen molar-refractivity contribution in [1.29, 1.82) is 0 Å². The van der Waals surface area contributed by atoms with Crippen LogP contribution in [0.15, 0.2) is 67.0 Å². The van der Waals surface area contributed by atoms with E-state index in [0.29, 0.717) is 25.3 Å². The van der Waals surface area contributed by atoms with Gasteiger partial charge in [-0.1, -0.05) is 42.5 Å². The summed E-state index contributed by atoms with van der Waals surface area (Å²) in [7, 11) is 0. The molecule has 0 aliphatic carbocycles. The first-order valence-electron chi connectivity index (χ1n) is 10.2. The number of ether oxygens (including phenoxy) is 2. The Balaban J connectivity index is 1.24. The Kier molecular flexibility index (Phi) is 5.70. The molecule has 5 nitrogen and oxygen atoms in total. The van der Waals surface area contributed by atoms with Gasteiger partial charge in [0, 0.05) is 30.9 Å². The molecule has 1 aliphatic heterocycles. The van der Waals surface area contributed by atoms with Crippen LogP contribution in [-0.2, 0) is 17.8 Å². The zero-order valence-corrected chi connectivity index (χ0v) is 17.4. The monoisotopic (exact) mass is 402 g/mol. The van der Waals surface area contributed by atoms with Gasteiger partial charge in [0.1, 0.15) is 5.60 Å². The first-order chi connectivity index (χ1) is 14.5. The largest absolute Gasteiger partial charge is 0.489 e. The van der Waals surface area contributed by atoms with Crippen molar-refractivity contribution in [2.75, 3.05) is 6.61 Å². The molecule has 2 heterocycles. The Hall–Kier alpha value is -3.34. The van der Waals surface area contributed by atoms with Crippen molar-refractivity contribution in [3.63, 3.8) is 0 Å². The average Bonchev–Trinajstić information content (AvgIpc) is 3.08. The minimum absolute atomic E-state index is 0.0415. The number of amides is 1. The number of rotatable bonds is 7. The maximum atomic E-state index is 12.2. The van der Waals surface area contributed by atoms with Crippen LogP contribution in [0, 0.1) is 0 Å². The quantitative estimate of drug-likeness (QED) is 0.630. The minimum Gasteiger partial charge on any atom is -0.489 e. The van der Waals surface area contributed by atoms with Crippen LogP contribution in [0.25, 0.3) is 11.1 Å². The summed E-state index contributed by atoms with van der Waals surface area (Å²) in [5.41, 5.74) is 4.16.